The lowest BCUT2D eigenvalue weighted by Gasteiger charge is -2.01. The summed E-state index contributed by atoms with van der Waals surface area (Å²) < 4.78 is 14.3. The van der Waals surface area contributed by atoms with Crippen LogP contribution in [-0.4, -0.2) is 19.6 Å². The van der Waals surface area contributed by atoms with E-state index in [1.165, 1.54) is 0 Å². The number of benzene rings is 1. The van der Waals surface area contributed by atoms with Gasteiger partial charge in [-0.15, -0.1) is 10.2 Å². The van der Waals surface area contributed by atoms with Gasteiger partial charge in [0.15, 0.2) is 5.58 Å². The Balaban J connectivity index is 1.44. The van der Waals surface area contributed by atoms with Crippen molar-refractivity contribution >= 4 is 44.3 Å². The SMILES string of the molecule is Cc1oc(-c2cccc(Br)c2)nc1CSc1nncn2c1cc1occc12. The van der Waals surface area contributed by atoms with E-state index in [2.05, 4.69) is 31.1 Å². The van der Waals surface area contributed by atoms with Gasteiger partial charge in [-0.3, -0.25) is 4.40 Å². The number of oxazole rings is 1. The van der Waals surface area contributed by atoms with Gasteiger partial charge in [-0.1, -0.05) is 33.8 Å². The van der Waals surface area contributed by atoms with E-state index in [-0.39, 0.29) is 0 Å². The zero-order chi connectivity index (χ0) is 18.4. The molecule has 0 spiro atoms. The second kappa shape index (κ2) is 6.54. The molecule has 134 valence electrons. The van der Waals surface area contributed by atoms with Crippen LogP contribution in [0.3, 0.4) is 0 Å². The maximum Gasteiger partial charge on any atom is 0.226 e. The highest BCUT2D eigenvalue weighted by molar-refractivity contribution is 9.10. The Hall–Kier alpha value is -2.58. The van der Waals surface area contributed by atoms with Crippen molar-refractivity contribution in [3.8, 4) is 11.5 Å². The van der Waals surface area contributed by atoms with E-state index in [9.17, 15) is 0 Å². The number of rotatable bonds is 4. The summed E-state index contributed by atoms with van der Waals surface area (Å²) in [7, 11) is 0. The predicted molar refractivity (Wildman–Crippen MR) is 107 cm³/mol. The molecule has 5 aromatic rings. The Bertz CT molecular complexity index is 1270. The van der Waals surface area contributed by atoms with Crippen molar-refractivity contribution in [1.82, 2.24) is 19.6 Å². The first-order valence-corrected chi connectivity index (χ1v) is 10.0. The van der Waals surface area contributed by atoms with Gasteiger partial charge in [0.1, 0.15) is 17.1 Å². The Kier molecular flexibility index (Phi) is 4.02. The first-order chi connectivity index (χ1) is 13.2. The normalized spacial score (nSPS) is 11.6. The molecule has 27 heavy (non-hydrogen) atoms. The van der Waals surface area contributed by atoms with Crippen molar-refractivity contribution in [1.29, 1.82) is 0 Å². The van der Waals surface area contributed by atoms with Crippen LogP contribution in [0, 0.1) is 6.92 Å². The van der Waals surface area contributed by atoms with Gasteiger partial charge in [0, 0.05) is 27.9 Å². The van der Waals surface area contributed by atoms with Gasteiger partial charge in [-0.2, -0.15) is 0 Å². The molecule has 1 aromatic carbocycles. The van der Waals surface area contributed by atoms with E-state index in [1.54, 1.807) is 24.4 Å². The van der Waals surface area contributed by atoms with E-state index in [1.807, 2.05) is 47.7 Å². The van der Waals surface area contributed by atoms with Crippen LogP contribution in [0.15, 0.2) is 67.3 Å². The third-order valence-electron chi connectivity index (χ3n) is 4.30. The van der Waals surface area contributed by atoms with Crippen LogP contribution in [-0.2, 0) is 5.75 Å². The molecule has 0 aliphatic heterocycles. The quantitative estimate of drug-likeness (QED) is 0.344. The molecule has 4 aromatic heterocycles. The van der Waals surface area contributed by atoms with Gasteiger partial charge in [0.25, 0.3) is 0 Å². The highest BCUT2D eigenvalue weighted by Crippen LogP contribution is 2.31. The summed E-state index contributed by atoms with van der Waals surface area (Å²) in [6, 6.07) is 11.8. The number of aryl methyl sites for hydroxylation is 1. The molecule has 0 radical (unpaired) electrons. The van der Waals surface area contributed by atoms with E-state index in [0.717, 1.165) is 43.1 Å². The molecule has 6 nitrogen and oxygen atoms in total. The molecule has 5 rings (SSSR count). The maximum atomic E-state index is 5.87. The first kappa shape index (κ1) is 16.6. The lowest BCUT2D eigenvalue weighted by Crippen LogP contribution is -1.94. The number of aromatic nitrogens is 4. The average Bonchev–Trinajstić information content (AvgIpc) is 3.35. The third-order valence-corrected chi connectivity index (χ3v) is 5.78. The van der Waals surface area contributed by atoms with Crippen LogP contribution in [0.5, 0.6) is 0 Å². The highest BCUT2D eigenvalue weighted by atomic mass is 79.9. The van der Waals surface area contributed by atoms with Gasteiger partial charge in [0.05, 0.1) is 23.0 Å². The minimum absolute atomic E-state index is 0.619. The number of thioether (sulfide) groups is 1. The molecule has 0 amide bonds. The smallest absolute Gasteiger partial charge is 0.226 e. The van der Waals surface area contributed by atoms with Gasteiger partial charge in [0.2, 0.25) is 5.89 Å². The van der Waals surface area contributed by atoms with Crippen molar-refractivity contribution in [2.24, 2.45) is 0 Å². The molecule has 0 atom stereocenters. The van der Waals surface area contributed by atoms with Crippen LogP contribution >= 0.6 is 27.7 Å². The number of nitrogens with zero attached hydrogens (tertiary/aromatic N) is 4. The molecule has 0 bridgehead atoms. The molecule has 0 aliphatic carbocycles. The lowest BCUT2D eigenvalue weighted by molar-refractivity contribution is 0.540. The number of hydrogen-bond acceptors (Lipinski definition) is 6. The van der Waals surface area contributed by atoms with Gasteiger partial charge < -0.3 is 8.83 Å². The highest BCUT2D eigenvalue weighted by Gasteiger charge is 2.15. The van der Waals surface area contributed by atoms with Crippen molar-refractivity contribution in [3.05, 3.63) is 64.9 Å². The molecule has 0 fully saturated rings. The maximum absolute atomic E-state index is 5.87. The van der Waals surface area contributed by atoms with E-state index in [0.29, 0.717) is 11.6 Å². The molecule has 0 aliphatic rings. The van der Waals surface area contributed by atoms with Crippen molar-refractivity contribution in [2.45, 2.75) is 17.7 Å². The molecule has 0 saturated heterocycles. The summed E-state index contributed by atoms with van der Waals surface area (Å²) in [6.45, 7) is 1.93. The third kappa shape index (κ3) is 2.94. The molecule has 8 heteroatoms. The Morgan fingerprint density at radius 2 is 2.11 bits per heavy atom. The van der Waals surface area contributed by atoms with E-state index in [4.69, 9.17) is 8.83 Å². The van der Waals surface area contributed by atoms with Crippen LogP contribution in [0.25, 0.3) is 28.1 Å². The zero-order valence-electron chi connectivity index (χ0n) is 14.2. The number of hydrogen-bond donors (Lipinski definition) is 0. The first-order valence-electron chi connectivity index (χ1n) is 8.24. The molecule has 0 unspecified atom stereocenters. The Morgan fingerprint density at radius 3 is 3.00 bits per heavy atom. The standard InChI is InChI=1S/C19H13BrN4O2S/c1-11-14(22-18(26-11)12-3-2-4-13(20)7-12)9-27-19-16-8-17-15(5-6-25-17)24(16)10-21-23-19/h2-8,10H,9H2,1H3. The van der Waals surface area contributed by atoms with Gasteiger partial charge in [-0.25, -0.2) is 4.98 Å². The summed E-state index contributed by atoms with van der Waals surface area (Å²) >= 11 is 5.06. The topological polar surface area (TPSA) is 69.4 Å². The van der Waals surface area contributed by atoms with E-state index >= 15 is 0 Å². The average molecular weight is 441 g/mol. The Labute approximate surface area is 166 Å². The summed E-state index contributed by atoms with van der Waals surface area (Å²) in [4.78, 5) is 4.67. The Morgan fingerprint density at radius 1 is 1.19 bits per heavy atom. The minimum atomic E-state index is 0.619. The summed E-state index contributed by atoms with van der Waals surface area (Å²) in [6.07, 6.45) is 3.37. The van der Waals surface area contributed by atoms with Gasteiger partial charge >= 0.3 is 0 Å². The lowest BCUT2D eigenvalue weighted by atomic mass is 10.2. The number of furan rings is 1. The number of halogens is 1. The van der Waals surface area contributed by atoms with Crippen LogP contribution < -0.4 is 0 Å². The largest absolute Gasteiger partial charge is 0.463 e. The molecule has 4 heterocycles. The molecule has 0 saturated carbocycles. The molecular weight excluding hydrogens is 428 g/mol. The molecular formula is C19H13BrN4O2S. The summed E-state index contributed by atoms with van der Waals surface area (Å²) in [5, 5.41) is 9.23. The zero-order valence-corrected chi connectivity index (χ0v) is 16.6. The predicted octanol–water partition coefficient (Wildman–Crippen LogP) is 5.49. The monoisotopic (exact) mass is 440 g/mol. The van der Waals surface area contributed by atoms with Gasteiger partial charge in [-0.05, 0) is 25.1 Å². The fraction of sp³-hybridized carbons (Fsp3) is 0.105. The fourth-order valence-corrected chi connectivity index (χ4v) is 4.31. The van der Waals surface area contributed by atoms with Crippen LogP contribution in [0.4, 0.5) is 0 Å². The van der Waals surface area contributed by atoms with E-state index < -0.39 is 0 Å². The van der Waals surface area contributed by atoms with Crippen molar-refractivity contribution in [2.75, 3.05) is 0 Å². The summed E-state index contributed by atoms with van der Waals surface area (Å²) in [5.41, 5.74) is 4.61. The van der Waals surface area contributed by atoms with Crippen molar-refractivity contribution < 1.29 is 8.83 Å². The van der Waals surface area contributed by atoms with Crippen LogP contribution in [0.1, 0.15) is 11.5 Å². The molecule has 0 N–H and O–H groups in total. The van der Waals surface area contributed by atoms with Crippen LogP contribution in [0.2, 0.25) is 0 Å². The fourth-order valence-electron chi connectivity index (χ4n) is 2.96. The second-order valence-corrected chi connectivity index (χ2v) is 7.91. The number of fused-ring (bicyclic) bond motifs is 3. The summed E-state index contributed by atoms with van der Waals surface area (Å²) in [5.74, 6) is 2.07. The second-order valence-electron chi connectivity index (χ2n) is 6.03. The minimum Gasteiger partial charge on any atom is -0.463 e. The van der Waals surface area contributed by atoms with Crippen molar-refractivity contribution in [3.63, 3.8) is 0 Å².